The van der Waals surface area contributed by atoms with E-state index < -0.39 is 0 Å². The van der Waals surface area contributed by atoms with Crippen LogP contribution in [-0.4, -0.2) is 13.1 Å². The average Bonchev–Trinajstić information content (AvgIpc) is 2.12. The van der Waals surface area contributed by atoms with Gasteiger partial charge in [-0.2, -0.15) is 0 Å². The molecular formula is C14H28O2. The summed E-state index contributed by atoms with van der Waals surface area (Å²) in [6, 6.07) is 0. The van der Waals surface area contributed by atoms with Crippen molar-refractivity contribution in [1.82, 2.24) is 0 Å². The molecule has 0 saturated carbocycles. The van der Waals surface area contributed by atoms with Crippen molar-refractivity contribution < 1.29 is 9.53 Å². The Bertz CT molecular complexity index is 178. The van der Waals surface area contributed by atoms with Crippen LogP contribution in [0.25, 0.3) is 0 Å². The Morgan fingerprint density at radius 3 is 1.88 bits per heavy atom. The van der Waals surface area contributed by atoms with Gasteiger partial charge in [-0.05, 0) is 42.9 Å². The third-order valence-electron chi connectivity index (χ3n) is 2.93. The Labute approximate surface area is 101 Å². The Hall–Kier alpha value is -0.530. The molecule has 96 valence electrons. The first-order valence-electron chi connectivity index (χ1n) is 6.50. The van der Waals surface area contributed by atoms with Gasteiger partial charge in [0.25, 0.3) is 6.47 Å². The molecule has 0 N–H and O–H groups in total. The van der Waals surface area contributed by atoms with E-state index in [0.717, 1.165) is 24.2 Å². The minimum atomic E-state index is 0.478. The highest BCUT2D eigenvalue weighted by Crippen LogP contribution is 2.23. The van der Waals surface area contributed by atoms with Crippen LogP contribution in [0, 0.1) is 23.7 Å². The number of rotatable bonds is 9. The van der Waals surface area contributed by atoms with Gasteiger partial charge in [-0.3, -0.25) is 4.79 Å². The van der Waals surface area contributed by atoms with Crippen LogP contribution < -0.4 is 0 Å². The van der Waals surface area contributed by atoms with Gasteiger partial charge in [-0.1, -0.05) is 34.6 Å². The normalized spacial score (nSPS) is 16.9. The molecule has 2 nitrogen and oxygen atoms in total. The molecule has 0 saturated heterocycles. The molecular weight excluding hydrogens is 200 g/mol. The summed E-state index contributed by atoms with van der Waals surface area (Å²) in [7, 11) is 0. The Morgan fingerprint density at radius 1 is 0.875 bits per heavy atom. The minimum Gasteiger partial charge on any atom is -0.468 e. The van der Waals surface area contributed by atoms with Gasteiger partial charge in [0.2, 0.25) is 0 Å². The summed E-state index contributed by atoms with van der Waals surface area (Å²) in [6.45, 7) is 12.4. The molecule has 0 heterocycles. The maximum atomic E-state index is 10.1. The van der Waals surface area contributed by atoms with Gasteiger partial charge in [-0.15, -0.1) is 0 Å². The summed E-state index contributed by atoms with van der Waals surface area (Å²) in [5, 5.41) is 0. The van der Waals surface area contributed by atoms with Crippen LogP contribution in [0.3, 0.4) is 0 Å². The van der Waals surface area contributed by atoms with Crippen LogP contribution in [0.1, 0.15) is 53.9 Å². The molecule has 0 aromatic heterocycles. The summed E-state index contributed by atoms with van der Waals surface area (Å²) in [5.41, 5.74) is 0. The lowest BCUT2D eigenvalue weighted by molar-refractivity contribution is -0.129. The quantitative estimate of drug-likeness (QED) is 0.560. The second kappa shape index (κ2) is 8.60. The fourth-order valence-electron chi connectivity index (χ4n) is 2.64. The summed E-state index contributed by atoms with van der Waals surface area (Å²) < 4.78 is 4.79. The van der Waals surface area contributed by atoms with E-state index in [1.807, 2.05) is 0 Å². The third kappa shape index (κ3) is 8.75. The zero-order valence-electron chi connectivity index (χ0n) is 11.5. The van der Waals surface area contributed by atoms with Crippen LogP contribution >= 0.6 is 0 Å². The smallest absolute Gasteiger partial charge is 0.293 e. The fraction of sp³-hybridized carbons (Fsp3) is 0.929. The first-order chi connectivity index (χ1) is 7.45. The van der Waals surface area contributed by atoms with Crippen molar-refractivity contribution in [2.75, 3.05) is 6.61 Å². The van der Waals surface area contributed by atoms with E-state index in [1.54, 1.807) is 0 Å². The summed E-state index contributed by atoms with van der Waals surface area (Å²) in [6.07, 6.45) is 3.74. The van der Waals surface area contributed by atoms with Crippen LogP contribution in [0.5, 0.6) is 0 Å². The van der Waals surface area contributed by atoms with Crippen molar-refractivity contribution >= 4 is 6.47 Å². The molecule has 0 amide bonds. The molecule has 3 atom stereocenters. The minimum absolute atomic E-state index is 0.478. The number of carbonyl (C=O) groups is 1. The Balaban J connectivity index is 3.70. The maximum Gasteiger partial charge on any atom is 0.293 e. The SMILES string of the molecule is CC(C)CC(C)CC(C)CC(C)COC=O. The number of ether oxygens (including phenoxy) is 1. The summed E-state index contributed by atoms with van der Waals surface area (Å²) >= 11 is 0. The van der Waals surface area contributed by atoms with E-state index in [4.69, 9.17) is 4.74 Å². The molecule has 16 heavy (non-hydrogen) atoms. The van der Waals surface area contributed by atoms with Gasteiger partial charge in [0.15, 0.2) is 0 Å². The van der Waals surface area contributed by atoms with Crippen molar-refractivity contribution in [2.45, 2.75) is 53.9 Å². The molecule has 0 aliphatic carbocycles. The number of carbonyl (C=O) groups excluding carboxylic acids is 1. The van der Waals surface area contributed by atoms with Gasteiger partial charge in [0.1, 0.15) is 0 Å². The van der Waals surface area contributed by atoms with Crippen molar-refractivity contribution in [3.63, 3.8) is 0 Å². The van der Waals surface area contributed by atoms with E-state index in [1.165, 1.54) is 12.8 Å². The molecule has 3 unspecified atom stereocenters. The van der Waals surface area contributed by atoms with E-state index in [0.29, 0.717) is 19.0 Å². The van der Waals surface area contributed by atoms with Gasteiger partial charge in [0, 0.05) is 0 Å². The predicted molar refractivity (Wildman–Crippen MR) is 68.2 cm³/mol. The lowest BCUT2D eigenvalue weighted by Crippen LogP contribution is -2.12. The van der Waals surface area contributed by atoms with Crippen LogP contribution in [-0.2, 0) is 9.53 Å². The standard InChI is InChI=1S/C14H28O2/c1-11(2)6-12(3)7-13(4)8-14(5)9-16-10-15/h10-14H,6-9H2,1-5H3. The topological polar surface area (TPSA) is 26.3 Å². The molecule has 0 spiro atoms. The van der Waals surface area contributed by atoms with Crippen molar-refractivity contribution in [2.24, 2.45) is 23.7 Å². The Kier molecular flexibility index (Phi) is 8.32. The molecule has 0 aromatic carbocycles. The van der Waals surface area contributed by atoms with Gasteiger partial charge < -0.3 is 4.74 Å². The van der Waals surface area contributed by atoms with E-state index in [9.17, 15) is 4.79 Å². The first-order valence-corrected chi connectivity index (χ1v) is 6.50. The largest absolute Gasteiger partial charge is 0.468 e. The molecule has 0 radical (unpaired) electrons. The van der Waals surface area contributed by atoms with Gasteiger partial charge in [0.05, 0.1) is 6.61 Å². The zero-order chi connectivity index (χ0) is 12.6. The second-order valence-electron chi connectivity index (χ2n) is 5.85. The average molecular weight is 228 g/mol. The van der Waals surface area contributed by atoms with Gasteiger partial charge in [-0.25, -0.2) is 0 Å². The monoisotopic (exact) mass is 228 g/mol. The highest BCUT2D eigenvalue weighted by Gasteiger charge is 2.13. The molecule has 0 aliphatic rings. The number of hydrogen-bond donors (Lipinski definition) is 0. The summed E-state index contributed by atoms with van der Waals surface area (Å²) in [5.74, 6) is 2.79. The predicted octanol–water partition coefficient (Wildman–Crippen LogP) is 3.89. The van der Waals surface area contributed by atoms with Gasteiger partial charge >= 0.3 is 0 Å². The van der Waals surface area contributed by atoms with Crippen LogP contribution in [0.15, 0.2) is 0 Å². The molecule has 2 heteroatoms. The van der Waals surface area contributed by atoms with Crippen molar-refractivity contribution in [3.05, 3.63) is 0 Å². The highest BCUT2D eigenvalue weighted by molar-refractivity contribution is 5.36. The Morgan fingerprint density at radius 2 is 1.38 bits per heavy atom. The van der Waals surface area contributed by atoms with E-state index >= 15 is 0 Å². The highest BCUT2D eigenvalue weighted by atomic mass is 16.5. The molecule has 0 aliphatic heterocycles. The third-order valence-corrected chi connectivity index (χ3v) is 2.93. The molecule has 0 aromatic rings. The first kappa shape index (κ1) is 15.5. The second-order valence-corrected chi connectivity index (χ2v) is 5.85. The number of hydrogen-bond acceptors (Lipinski definition) is 2. The van der Waals surface area contributed by atoms with Crippen molar-refractivity contribution in [1.29, 1.82) is 0 Å². The van der Waals surface area contributed by atoms with Crippen LogP contribution in [0.2, 0.25) is 0 Å². The summed E-state index contributed by atoms with van der Waals surface area (Å²) in [4.78, 5) is 10.1. The molecule has 0 bridgehead atoms. The maximum absolute atomic E-state index is 10.1. The van der Waals surface area contributed by atoms with E-state index in [2.05, 4.69) is 34.6 Å². The van der Waals surface area contributed by atoms with Crippen LogP contribution in [0.4, 0.5) is 0 Å². The molecule has 0 fully saturated rings. The van der Waals surface area contributed by atoms with E-state index in [-0.39, 0.29) is 0 Å². The fourth-order valence-corrected chi connectivity index (χ4v) is 2.64. The lowest BCUT2D eigenvalue weighted by Gasteiger charge is -2.21. The van der Waals surface area contributed by atoms with Crippen molar-refractivity contribution in [3.8, 4) is 0 Å². The molecule has 0 rings (SSSR count). The zero-order valence-corrected chi connectivity index (χ0v) is 11.5. The lowest BCUT2D eigenvalue weighted by atomic mass is 9.86.